The maximum Gasteiger partial charge on any atom is 0.138 e. The van der Waals surface area contributed by atoms with Gasteiger partial charge in [0.1, 0.15) is 6.29 Å². The summed E-state index contributed by atoms with van der Waals surface area (Å²) in [5, 5.41) is -0.287. The Balaban J connectivity index is 3.44. The van der Waals surface area contributed by atoms with Crippen LogP contribution in [0.15, 0.2) is 0 Å². The Labute approximate surface area is 61.4 Å². The second-order valence-corrected chi connectivity index (χ2v) is 2.85. The summed E-state index contributed by atoms with van der Waals surface area (Å²) in [6.07, 6.45) is 2.94. The molecule has 2 heteroatoms. The fourth-order valence-corrected chi connectivity index (χ4v) is 0.875. The normalized spacial score (nSPS) is 16.8. The number of hydrogen-bond acceptors (Lipinski definition) is 1. The minimum atomic E-state index is -0.287. The first-order valence-electron chi connectivity index (χ1n) is 3.31. The van der Waals surface area contributed by atoms with Crippen LogP contribution in [0.5, 0.6) is 0 Å². The Morgan fingerprint density at radius 3 is 2.56 bits per heavy atom. The molecule has 9 heavy (non-hydrogen) atoms. The molecule has 0 aliphatic heterocycles. The van der Waals surface area contributed by atoms with Crippen molar-refractivity contribution < 1.29 is 4.79 Å². The van der Waals surface area contributed by atoms with Gasteiger partial charge < -0.3 is 4.79 Å². The average Bonchev–Trinajstić information content (AvgIpc) is 1.87. The summed E-state index contributed by atoms with van der Waals surface area (Å²) in [6.45, 7) is 4.08. The van der Waals surface area contributed by atoms with Crippen LogP contribution in [-0.4, -0.2) is 11.7 Å². The summed E-state index contributed by atoms with van der Waals surface area (Å²) in [4.78, 5) is 10.1. The SMILES string of the molecule is CCCC(C)C(Cl)C=O. The molecule has 0 saturated heterocycles. The zero-order valence-corrected chi connectivity index (χ0v) is 6.69. The second-order valence-electron chi connectivity index (χ2n) is 2.35. The van der Waals surface area contributed by atoms with E-state index in [1.165, 1.54) is 0 Å². The fourth-order valence-electron chi connectivity index (χ4n) is 0.749. The highest BCUT2D eigenvalue weighted by Crippen LogP contribution is 2.13. The molecular formula is C7H13ClO. The van der Waals surface area contributed by atoms with Crippen LogP contribution in [0.3, 0.4) is 0 Å². The van der Waals surface area contributed by atoms with Gasteiger partial charge in [0.25, 0.3) is 0 Å². The zero-order valence-electron chi connectivity index (χ0n) is 5.93. The van der Waals surface area contributed by atoms with Crippen LogP contribution < -0.4 is 0 Å². The molecule has 0 fully saturated rings. The van der Waals surface area contributed by atoms with Crippen LogP contribution in [-0.2, 0) is 4.79 Å². The molecule has 0 aromatic rings. The van der Waals surface area contributed by atoms with E-state index in [0.29, 0.717) is 5.92 Å². The van der Waals surface area contributed by atoms with Gasteiger partial charge in [-0.05, 0) is 12.3 Å². The molecule has 0 amide bonds. The molecule has 0 saturated carbocycles. The van der Waals surface area contributed by atoms with E-state index >= 15 is 0 Å². The van der Waals surface area contributed by atoms with Crippen molar-refractivity contribution in [2.24, 2.45) is 5.92 Å². The number of carbonyl (C=O) groups is 1. The summed E-state index contributed by atoms with van der Waals surface area (Å²) >= 11 is 5.63. The van der Waals surface area contributed by atoms with Crippen LogP contribution in [0, 0.1) is 5.92 Å². The molecule has 0 bridgehead atoms. The third-order valence-electron chi connectivity index (χ3n) is 1.42. The van der Waals surface area contributed by atoms with E-state index in [0.717, 1.165) is 19.1 Å². The maximum atomic E-state index is 10.1. The molecule has 0 aliphatic carbocycles. The lowest BCUT2D eigenvalue weighted by molar-refractivity contribution is -0.108. The summed E-state index contributed by atoms with van der Waals surface area (Å²) in [7, 11) is 0. The largest absolute Gasteiger partial charge is 0.302 e. The molecule has 0 radical (unpaired) electrons. The number of rotatable bonds is 4. The number of aldehydes is 1. The molecule has 0 aromatic heterocycles. The van der Waals surface area contributed by atoms with E-state index in [9.17, 15) is 4.79 Å². The van der Waals surface area contributed by atoms with E-state index in [1.54, 1.807) is 0 Å². The van der Waals surface area contributed by atoms with Gasteiger partial charge in [0.05, 0.1) is 5.38 Å². The molecule has 1 nitrogen and oxygen atoms in total. The van der Waals surface area contributed by atoms with Crippen molar-refractivity contribution in [3.63, 3.8) is 0 Å². The lowest BCUT2D eigenvalue weighted by atomic mass is 10.0. The van der Waals surface area contributed by atoms with Gasteiger partial charge in [-0.1, -0.05) is 20.3 Å². The van der Waals surface area contributed by atoms with E-state index in [4.69, 9.17) is 11.6 Å². The standard InChI is InChI=1S/C7H13ClO/c1-3-4-6(2)7(8)5-9/h5-7H,3-4H2,1-2H3. The predicted octanol–water partition coefficient (Wildman–Crippen LogP) is 2.23. The van der Waals surface area contributed by atoms with Crippen molar-refractivity contribution in [3.8, 4) is 0 Å². The van der Waals surface area contributed by atoms with Gasteiger partial charge in [-0.25, -0.2) is 0 Å². The van der Waals surface area contributed by atoms with Crippen LogP contribution in [0.25, 0.3) is 0 Å². The van der Waals surface area contributed by atoms with Crippen molar-refractivity contribution in [1.82, 2.24) is 0 Å². The highest BCUT2D eigenvalue weighted by molar-refractivity contribution is 6.27. The Kier molecular flexibility index (Phi) is 4.78. The Morgan fingerprint density at radius 1 is 1.67 bits per heavy atom. The third-order valence-corrected chi connectivity index (χ3v) is 1.95. The Morgan fingerprint density at radius 2 is 2.22 bits per heavy atom. The van der Waals surface area contributed by atoms with Crippen LogP contribution in [0.4, 0.5) is 0 Å². The van der Waals surface area contributed by atoms with Crippen molar-refractivity contribution >= 4 is 17.9 Å². The monoisotopic (exact) mass is 148 g/mol. The van der Waals surface area contributed by atoms with Crippen molar-refractivity contribution in [3.05, 3.63) is 0 Å². The first-order valence-corrected chi connectivity index (χ1v) is 3.75. The Bertz CT molecular complexity index is 83.0. The molecular weight excluding hydrogens is 136 g/mol. The lowest BCUT2D eigenvalue weighted by Crippen LogP contribution is -2.11. The zero-order chi connectivity index (χ0) is 7.28. The van der Waals surface area contributed by atoms with Gasteiger partial charge in [-0.2, -0.15) is 0 Å². The van der Waals surface area contributed by atoms with Gasteiger partial charge in [0.15, 0.2) is 0 Å². The molecule has 2 unspecified atom stereocenters. The first kappa shape index (κ1) is 8.96. The molecule has 0 aromatic carbocycles. The summed E-state index contributed by atoms with van der Waals surface area (Å²) in [6, 6.07) is 0. The number of hydrogen-bond donors (Lipinski definition) is 0. The molecule has 54 valence electrons. The molecule has 2 atom stereocenters. The third kappa shape index (κ3) is 3.52. The fraction of sp³-hybridized carbons (Fsp3) is 0.857. The Hall–Kier alpha value is -0.0400. The van der Waals surface area contributed by atoms with Crippen LogP contribution >= 0.6 is 11.6 Å². The molecule has 0 heterocycles. The van der Waals surface area contributed by atoms with Gasteiger partial charge in [-0.15, -0.1) is 11.6 Å². The van der Waals surface area contributed by atoms with E-state index in [2.05, 4.69) is 6.92 Å². The van der Waals surface area contributed by atoms with Crippen molar-refractivity contribution in [1.29, 1.82) is 0 Å². The van der Waals surface area contributed by atoms with Crippen molar-refractivity contribution in [2.45, 2.75) is 32.1 Å². The lowest BCUT2D eigenvalue weighted by Gasteiger charge is -2.09. The smallest absolute Gasteiger partial charge is 0.138 e. The number of alkyl halides is 1. The highest BCUT2D eigenvalue weighted by atomic mass is 35.5. The summed E-state index contributed by atoms with van der Waals surface area (Å²) in [5.41, 5.74) is 0. The highest BCUT2D eigenvalue weighted by Gasteiger charge is 2.10. The molecule has 0 spiro atoms. The van der Waals surface area contributed by atoms with Gasteiger partial charge >= 0.3 is 0 Å². The van der Waals surface area contributed by atoms with E-state index in [-0.39, 0.29) is 5.38 Å². The van der Waals surface area contributed by atoms with Gasteiger partial charge in [-0.3, -0.25) is 0 Å². The molecule has 0 N–H and O–H groups in total. The summed E-state index contributed by atoms with van der Waals surface area (Å²) in [5.74, 6) is 0.328. The van der Waals surface area contributed by atoms with Gasteiger partial charge in [0, 0.05) is 0 Å². The molecule has 0 rings (SSSR count). The summed E-state index contributed by atoms with van der Waals surface area (Å²) < 4.78 is 0. The van der Waals surface area contributed by atoms with Gasteiger partial charge in [0.2, 0.25) is 0 Å². The maximum absolute atomic E-state index is 10.1. The van der Waals surface area contributed by atoms with Crippen molar-refractivity contribution in [2.75, 3.05) is 0 Å². The quantitative estimate of drug-likeness (QED) is 0.442. The first-order chi connectivity index (χ1) is 4.22. The topological polar surface area (TPSA) is 17.1 Å². The predicted molar refractivity (Wildman–Crippen MR) is 39.8 cm³/mol. The van der Waals surface area contributed by atoms with Crippen LogP contribution in [0.2, 0.25) is 0 Å². The average molecular weight is 149 g/mol. The van der Waals surface area contributed by atoms with E-state index in [1.807, 2.05) is 6.92 Å². The number of carbonyl (C=O) groups excluding carboxylic acids is 1. The number of halogens is 1. The second kappa shape index (κ2) is 4.80. The minimum absolute atomic E-state index is 0.287. The van der Waals surface area contributed by atoms with Crippen LogP contribution in [0.1, 0.15) is 26.7 Å². The van der Waals surface area contributed by atoms with E-state index < -0.39 is 0 Å². The minimum Gasteiger partial charge on any atom is -0.302 e. The molecule has 0 aliphatic rings.